The first kappa shape index (κ1) is 15.4. The Morgan fingerprint density at radius 3 is 1.81 bits per heavy atom. The van der Waals surface area contributed by atoms with Crippen LogP contribution in [0.5, 0.6) is 0 Å². The lowest BCUT2D eigenvalue weighted by atomic mass is 10.2. The Labute approximate surface area is 98.3 Å². The maximum Gasteiger partial charge on any atom is 0.364 e. The van der Waals surface area contributed by atoms with Gasteiger partial charge < -0.3 is 14.2 Å². The molecule has 0 aromatic heterocycles. The van der Waals surface area contributed by atoms with E-state index in [1.54, 1.807) is 0 Å². The summed E-state index contributed by atoms with van der Waals surface area (Å²) in [6.07, 6.45) is 0.794. The third-order valence-corrected chi connectivity index (χ3v) is 1.55. The van der Waals surface area contributed by atoms with E-state index < -0.39 is 17.9 Å². The highest BCUT2D eigenvalue weighted by Gasteiger charge is 2.26. The van der Waals surface area contributed by atoms with Gasteiger partial charge >= 0.3 is 5.97 Å². The van der Waals surface area contributed by atoms with Crippen LogP contribution in [0.25, 0.3) is 0 Å². The summed E-state index contributed by atoms with van der Waals surface area (Å²) >= 11 is 0. The van der Waals surface area contributed by atoms with Crippen LogP contribution >= 0.6 is 0 Å². The monoisotopic (exact) mass is 232 g/mol. The van der Waals surface area contributed by atoms with Crippen molar-refractivity contribution in [3.63, 3.8) is 0 Å². The standard InChI is InChI=1S/C12H24O4/c1-6-8-14-11(15-9-7-2)10(13)16-12(3,4)5/h11H,6-9H2,1-5H3. The first-order valence-corrected chi connectivity index (χ1v) is 5.86. The highest BCUT2D eigenvalue weighted by atomic mass is 16.7. The Morgan fingerprint density at radius 2 is 1.50 bits per heavy atom. The summed E-state index contributed by atoms with van der Waals surface area (Å²) in [7, 11) is 0. The first-order chi connectivity index (χ1) is 7.40. The fourth-order valence-electron chi connectivity index (χ4n) is 0.984. The van der Waals surface area contributed by atoms with Crippen LogP contribution in [0.4, 0.5) is 0 Å². The minimum atomic E-state index is -0.890. The Balaban J connectivity index is 4.19. The van der Waals surface area contributed by atoms with Crippen molar-refractivity contribution >= 4 is 5.97 Å². The maximum absolute atomic E-state index is 11.7. The molecule has 0 aromatic carbocycles. The summed E-state index contributed by atoms with van der Waals surface area (Å²) in [6, 6.07) is 0. The molecule has 0 amide bonds. The van der Waals surface area contributed by atoms with Gasteiger partial charge in [-0.15, -0.1) is 0 Å². The summed E-state index contributed by atoms with van der Waals surface area (Å²) in [5, 5.41) is 0. The third-order valence-electron chi connectivity index (χ3n) is 1.55. The van der Waals surface area contributed by atoms with Gasteiger partial charge in [0, 0.05) is 0 Å². The third kappa shape index (κ3) is 7.65. The first-order valence-electron chi connectivity index (χ1n) is 5.86. The molecule has 0 atom stereocenters. The van der Waals surface area contributed by atoms with Crippen LogP contribution < -0.4 is 0 Å². The Morgan fingerprint density at radius 1 is 1.06 bits per heavy atom. The highest BCUT2D eigenvalue weighted by molar-refractivity contribution is 5.73. The molecule has 0 fully saturated rings. The van der Waals surface area contributed by atoms with Crippen LogP contribution in [0, 0.1) is 0 Å². The minimum absolute atomic E-state index is 0.450. The number of hydrogen-bond donors (Lipinski definition) is 0. The van der Waals surface area contributed by atoms with E-state index in [1.807, 2.05) is 34.6 Å². The van der Waals surface area contributed by atoms with Crippen LogP contribution in [-0.2, 0) is 19.0 Å². The SMILES string of the molecule is CCCOC(OCCC)C(=O)OC(C)(C)C. The van der Waals surface area contributed by atoms with Gasteiger partial charge in [0.25, 0.3) is 6.29 Å². The molecule has 0 radical (unpaired) electrons. The Kier molecular flexibility index (Phi) is 7.34. The van der Waals surface area contributed by atoms with Crippen molar-refractivity contribution < 1.29 is 19.0 Å². The summed E-state index contributed by atoms with van der Waals surface area (Å²) in [5.74, 6) is -0.450. The molecule has 4 nitrogen and oxygen atoms in total. The molecule has 0 spiro atoms. The van der Waals surface area contributed by atoms with Gasteiger partial charge in [-0.05, 0) is 33.6 Å². The molecule has 96 valence electrons. The molecule has 0 aromatic rings. The molecule has 0 saturated carbocycles. The van der Waals surface area contributed by atoms with E-state index in [1.165, 1.54) is 0 Å². The van der Waals surface area contributed by atoms with Crippen LogP contribution in [0.1, 0.15) is 47.5 Å². The smallest absolute Gasteiger partial charge is 0.364 e. The summed E-state index contributed by atoms with van der Waals surface area (Å²) in [5.41, 5.74) is -0.513. The van der Waals surface area contributed by atoms with Crippen LogP contribution in [0.3, 0.4) is 0 Å². The van der Waals surface area contributed by atoms with E-state index in [4.69, 9.17) is 14.2 Å². The maximum atomic E-state index is 11.7. The quantitative estimate of drug-likeness (QED) is 0.500. The van der Waals surface area contributed by atoms with Gasteiger partial charge in [0.05, 0.1) is 13.2 Å². The fourth-order valence-corrected chi connectivity index (χ4v) is 0.984. The predicted octanol–water partition coefficient (Wildman–Crippen LogP) is 2.51. The van der Waals surface area contributed by atoms with Gasteiger partial charge in [0.1, 0.15) is 5.60 Å². The average molecular weight is 232 g/mol. The number of carbonyl (C=O) groups is 1. The van der Waals surface area contributed by atoms with E-state index in [0.717, 1.165) is 12.8 Å². The molecular weight excluding hydrogens is 208 g/mol. The molecule has 4 heteroatoms. The molecular formula is C12H24O4. The Bertz CT molecular complexity index is 188. The molecule has 0 heterocycles. The number of rotatable bonds is 7. The van der Waals surface area contributed by atoms with Gasteiger partial charge in [-0.2, -0.15) is 0 Å². The van der Waals surface area contributed by atoms with E-state index in [0.29, 0.717) is 13.2 Å². The van der Waals surface area contributed by atoms with Crippen LogP contribution in [-0.4, -0.2) is 31.1 Å². The van der Waals surface area contributed by atoms with E-state index in [-0.39, 0.29) is 0 Å². The molecule has 0 unspecified atom stereocenters. The summed E-state index contributed by atoms with van der Waals surface area (Å²) in [6.45, 7) is 10.4. The zero-order valence-electron chi connectivity index (χ0n) is 11.0. The molecule has 0 aliphatic heterocycles. The van der Waals surface area contributed by atoms with E-state index in [2.05, 4.69) is 0 Å². The zero-order chi connectivity index (χ0) is 12.6. The van der Waals surface area contributed by atoms with E-state index in [9.17, 15) is 4.79 Å². The second-order valence-corrected chi connectivity index (χ2v) is 4.61. The number of carbonyl (C=O) groups excluding carboxylic acids is 1. The van der Waals surface area contributed by atoms with Crippen molar-refractivity contribution in [1.29, 1.82) is 0 Å². The normalized spacial score (nSPS) is 11.9. The molecule has 0 bridgehead atoms. The van der Waals surface area contributed by atoms with Gasteiger partial charge in [0.2, 0.25) is 0 Å². The van der Waals surface area contributed by atoms with Crippen molar-refractivity contribution in [2.75, 3.05) is 13.2 Å². The summed E-state index contributed by atoms with van der Waals surface area (Å²) in [4.78, 5) is 11.7. The molecule has 0 aliphatic rings. The van der Waals surface area contributed by atoms with Gasteiger partial charge in [-0.3, -0.25) is 0 Å². The predicted molar refractivity (Wildman–Crippen MR) is 62.1 cm³/mol. The average Bonchev–Trinajstić information content (AvgIpc) is 2.15. The van der Waals surface area contributed by atoms with Gasteiger partial charge in [-0.25, -0.2) is 4.79 Å². The number of ether oxygens (including phenoxy) is 3. The van der Waals surface area contributed by atoms with Crippen molar-refractivity contribution in [2.24, 2.45) is 0 Å². The highest BCUT2D eigenvalue weighted by Crippen LogP contribution is 2.11. The van der Waals surface area contributed by atoms with E-state index >= 15 is 0 Å². The van der Waals surface area contributed by atoms with Crippen molar-refractivity contribution in [1.82, 2.24) is 0 Å². The lowest BCUT2D eigenvalue weighted by Gasteiger charge is -2.23. The number of hydrogen-bond acceptors (Lipinski definition) is 4. The molecule has 16 heavy (non-hydrogen) atoms. The Hall–Kier alpha value is -0.610. The fraction of sp³-hybridized carbons (Fsp3) is 0.917. The molecule has 0 aliphatic carbocycles. The number of esters is 1. The zero-order valence-corrected chi connectivity index (χ0v) is 11.0. The largest absolute Gasteiger partial charge is 0.456 e. The molecule has 0 N–H and O–H groups in total. The van der Waals surface area contributed by atoms with Crippen LogP contribution in [0.2, 0.25) is 0 Å². The topological polar surface area (TPSA) is 44.8 Å². The van der Waals surface area contributed by atoms with Crippen molar-refractivity contribution in [3.8, 4) is 0 Å². The second-order valence-electron chi connectivity index (χ2n) is 4.61. The van der Waals surface area contributed by atoms with Crippen molar-refractivity contribution in [3.05, 3.63) is 0 Å². The summed E-state index contributed by atoms with van der Waals surface area (Å²) < 4.78 is 15.8. The van der Waals surface area contributed by atoms with Gasteiger partial charge in [0.15, 0.2) is 0 Å². The van der Waals surface area contributed by atoms with Crippen LogP contribution in [0.15, 0.2) is 0 Å². The lowest BCUT2D eigenvalue weighted by Crippen LogP contribution is -2.35. The molecule has 0 rings (SSSR count). The van der Waals surface area contributed by atoms with Gasteiger partial charge in [-0.1, -0.05) is 13.8 Å². The second kappa shape index (κ2) is 7.63. The molecule has 0 saturated heterocycles. The van der Waals surface area contributed by atoms with Crippen molar-refractivity contribution in [2.45, 2.75) is 59.4 Å². The lowest BCUT2D eigenvalue weighted by molar-refractivity contribution is -0.204. The minimum Gasteiger partial charge on any atom is -0.456 e.